The molecule has 3 aromatic rings. The van der Waals surface area contributed by atoms with E-state index in [1.54, 1.807) is 12.3 Å². The number of rotatable bonds is 7. The fraction of sp³-hybridized carbons (Fsp3) is 0.167. The first kappa shape index (κ1) is 17.0. The number of hydrogen-bond donors (Lipinski definition) is 0. The van der Waals surface area contributed by atoms with E-state index in [2.05, 4.69) is 15.3 Å². The second-order valence-corrected chi connectivity index (χ2v) is 5.53. The molecule has 0 saturated heterocycles. The maximum atomic E-state index is 6.40. The number of aromatic nitrogens is 3. The molecule has 3 rings (SSSR count). The van der Waals surface area contributed by atoms with Crippen molar-refractivity contribution < 1.29 is 9.47 Å². The third kappa shape index (κ3) is 4.58. The Kier molecular flexibility index (Phi) is 5.64. The van der Waals surface area contributed by atoms with Crippen LogP contribution in [0.4, 0.5) is 0 Å². The lowest BCUT2D eigenvalue weighted by Gasteiger charge is -2.14. The maximum absolute atomic E-state index is 6.40. The molecule has 0 spiro atoms. The Bertz CT molecular complexity index is 836. The first-order valence-corrected chi connectivity index (χ1v) is 8.16. The fourth-order valence-corrected chi connectivity index (χ4v) is 2.46. The molecule has 0 aliphatic rings. The van der Waals surface area contributed by atoms with Gasteiger partial charge in [0, 0.05) is 0 Å². The summed E-state index contributed by atoms with van der Waals surface area (Å²) in [6.45, 7) is 2.83. The lowest BCUT2D eigenvalue weighted by molar-refractivity contribution is 0.269. The van der Waals surface area contributed by atoms with E-state index in [4.69, 9.17) is 21.1 Å². The molecule has 0 bridgehead atoms. The summed E-state index contributed by atoms with van der Waals surface area (Å²) in [6, 6.07) is 13.5. The number of ether oxygens (including phenoxy) is 2. The van der Waals surface area contributed by atoms with Crippen molar-refractivity contribution in [3.8, 4) is 11.5 Å². The van der Waals surface area contributed by atoms with Crippen LogP contribution in [0.15, 0.2) is 60.2 Å². The molecule has 0 amide bonds. The highest BCUT2D eigenvalue weighted by molar-refractivity contribution is 6.32. The van der Waals surface area contributed by atoms with Gasteiger partial charge in [0.05, 0.1) is 17.8 Å². The van der Waals surface area contributed by atoms with Gasteiger partial charge in [0.25, 0.3) is 0 Å². The molecule has 25 heavy (non-hydrogen) atoms. The average molecular weight is 357 g/mol. The summed E-state index contributed by atoms with van der Waals surface area (Å²) in [6.07, 6.45) is 4.65. The summed E-state index contributed by atoms with van der Waals surface area (Å²) in [5.74, 6) is 1.10. The van der Waals surface area contributed by atoms with Crippen LogP contribution in [0.2, 0.25) is 5.02 Å². The largest absolute Gasteiger partial charge is 0.490 e. The highest BCUT2D eigenvalue weighted by Gasteiger charge is 2.12. The zero-order valence-corrected chi connectivity index (χ0v) is 14.4. The van der Waals surface area contributed by atoms with E-state index in [1.807, 2.05) is 43.3 Å². The van der Waals surface area contributed by atoms with E-state index >= 15 is 0 Å². The van der Waals surface area contributed by atoms with E-state index in [0.717, 1.165) is 11.1 Å². The van der Waals surface area contributed by atoms with Crippen molar-refractivity contribution in [2.24, 2.45) is 5.10 Å². The summed E-state index contributed by atoms with van der Waals surface area (Å²) in [5, 5.41) is 12.1. The van der Waals surface area contributed by atoms with Gasteiger partial charge in [0.15, 0.2) is 11.5 Å². The Labute approximate surface area is 150 Å². The second-order valence-electron chi connectivity index (χ2n) is 5.12. The highest BCUT2D eigenvalue weighted by Crippen LogP contribution is 2.36. The van der Waals surface area contributed by atoms with Gasteiger partial charge in [-0.25, -0.2) is 4.68 Å². The van der Waals surface area contributed by atoms with Crippen molar-refractivity contribution in [2.75, 3.05) is 6.61 Å². The molecular weight excluding hydrogens is 340 g/mol. The number of nitrogens with zero attached hydrogens (tertiary/aromatic N) is 4. The van der Waals surface area contributed by atoms with Crippen molar-refractivity contribution in [1.29, 1.82) is 0 Å². The molecule has 0 aliphatic heterocycles. The van der Waals surface area contributed by atoms with Gasteiger partial charge in [-0.05, 0) is 30.2 Å². The Morgan fingerprint density at radius 2 is 1.88 bits per heavy atom. The molecule has 0 radical (unpaired) electrons. The molecule has 128 valence electrons. The molecule has 6 nitrogen and oxygen atoms in total. The molecule has 1 aromatic heterocycles. The summed E-state index contributed by atoms with van der Waals surface area (Å²) in [7, 11) is 0. The molecule has 7 heteroatoms. The van der Waals surface area contributed by atoms with Gasteiger partial charge in [-0.3, -0.25) is 0 Å². The molecule has 0 saturated carbocycles. The van der Waals surface area contributed by atoms with E-state index in [9.17, 15) is 0 Å². The third-order valence-corrected chi connectivity index (χ3v) is 3.59. The number of benzene rings is 2. The van der Waals surface area contributed by atoms with Crippen molar-refractivity contribution in [2.45, 2.75) is 13.5 Å². The van der Waals surface area contributed by atoms with Crippen LogP contribution in [0.1, 0.15) is 18.1 Å². The fourth-order valence-electron chi connectivity index (χ4n) is 2.18. The van der Waals surface area contributed by atoms with Crippen molar-refractivity contribution in [1.82, 2.24) is 14.9 Å². The van der Waals surface area contributed by atoms with Gasteiger partial charge >= 0.3 is 0 Å². The van der Waals surface area contributed by atoms with Crippen molar-refractivity contribution >= 4 is 17.8 Å². The minimum absolute atomic E-state index is 0.411. The van der Waals surface area contributed by atoms with E-state index in [-0.39, 0.29) is 0 Å². The van der Waals surface area contributed by atoms with E-state index in [1.165, 1.54) is 17.3 Å². The smallest absolute Gasteiger partial charge is 0.180 e. The molecule has 0 N–H and O–H groups in total. The van der Waals surface area contributed by atoms with Crippen molar-refractivity contribution in [3.05, 3.63) is 71.3 Å². The lowest BCUT2D eigenvalue weighted by Crippen LogP contribution is -2.01. The SMILES string of the molecule is CCOc1cc(/C=N\n2cnnc2)cc(Cl)c1OCc1ccccc1. The van der Waals surface area contributed by atoms with Gasteiger partial charge in [0.2, 0.25) is 0 Å². The lowest BCUT2D eigenvalue weighted by atomic mass is 10.2. The van der Waals surface area contributed by atoms with E-state index < -0.39 is 0 Å². The Balaban J connectivity index is 1.82. The maximum Gasteiger partial charge on any atom is 0.180 e. The van der Waals surface area contributed by atoms with Crippen LogP contribution in [0.25, 0.3) is 0 Å². The van der Waals surface area contributed by atoms with Gasteiger partial charge < -0.3 is 9.47 Å². The predicted molar refractivity (Wildman–Crippen MR) is 96.4 cm³/mol. The normalized spacial score (nSPS) is 11.0. The summed E-state index contributed by atoms with van der Waals surface area (Å²) < 4.78 is 13.1. The third-order valence-electron chi connectivity index (χ3n) is 3.30. The van der Waals surface area contributed by atoms with Gasteiger partial charge in [-0.15, -0.1) is 10.2 Å². The highest BCUT2D eigenvalue weighted by atomic mass is 35.5. The monoisotopic (exact) mass is 356 g/mol. The standard InChI is InChI=1S/C18H17ClN4O2/c1-2-24-17-9-15(10-22-23-12-20-21-13-23)8-16(19)18(17)25-11-14-6-4-3-5-7-14/h3-10,12-13H,2,11H2,1H3/b22-10-. The summed E-state index contributed by atoms with van der Waals surface area (Å²) in [4.78, 5) is 0. The second kappa shape index (κ2) is 8.30. The molecule has 0 aliphatic carbocycles. The van der Waals surface area contributed by atoms with Crippen LogP contribution in [0.3, 0.4) is 0 Å². The summed E-state index contributed by atoms with van der Waals surface area (Å²) in [5.41, 5.74) is 1.84. The van der Waals surface area contributed by atoms with Crippen LogP contribution in [0, 0.1) is 0 Å². The van der Waals surface area contributed by atoms with Crippen LogP contribution in [0.5, 0.6) is 11.5 Å². The molecule has 0 unspecified atom stereocenters. The molecule has 0 fully saturated rings. The zero-order valence-electron chi connectivity index (χ0n) is 13.7. The van der Waals surface area contributed by atoms with Gasteiger partial charge in [-0.1, -0.05) is 41.9 Å². The number of halogens is 1. The van der Waals surface area contributed by atoms with Crippen LogP contribution >= 0.6 is 11.6 Å². The first-order valence-electron chi connectivity index (χ1n) is 7.78. The summed E-state index contributed by atoms with van der Waals surface area (Å²) >= 11 is 6.40. The average Bonchev–Trinajstić information content (AvgIpc) is 3.14. The van der Waals surface area contributed by atoms with Gasteiger partial charge in [0.1, 0.15) is 19.3 Å². The minimum Gasteiger partial charge on any atom is -0.490 e. The molecule has 2 aromatic carbocycles. The minimum atomic E-state index is 0.411. The first-order chi connectivity index (χ1) is 12.3. The number of hydrogen-bond acceptors (Lipinski definition) is 5. The zero-order chi connectivity index (χ0) is 17.5. The Hall–Kier alpha value is -2.86. The van der Waals surface area contributed by atoms with Crippen molar-refractivity contribution in [3.63, 3.8) is 0 Å². The molecular formula is C18H17ClN4O2. The van der Waals surface area contributed by atoms with Crippen LogP contribution < -0.4 is 9.47 Å². The quantitative estimate of drug-likeness (QED) is 0.604. The van der Waals surface area contributed by atoms with Crippen LogP contribution in [-0.4, -0.2) is 27.7 Å². The predicted octanol–water partition coefficient (Wildman–Crippen LogP) is 3.79. The van der Waals surface area contributed by atoms with Crippen LogP contribution in [-0.2, 0) is 6.61 Å². The Morgan fingerprint density at radius 3 is 2.60 bits per heavy atom. The molecule has 1 heterocycles. The van der Waals surface area contributed by atoms with Gasteiger partial charge in [-0.2, -0.15) is 5.10 Å². The molecule has 0 atom stereocenters. The van der Waals surface area contributed by atoms with E-state index in [0.29, 0.717) is 29.7 Å². The Morgan fingerprint density at radius 1 is 1.12 bits per heavy atom. The topological polar surface area (TPSA) is 61.5 Å².